The van der Waals surface area contributed by atoms with E-state index in [2.05, 4.69) is 32.2 Å². The number of carboxylic acid groups (broad SMARTS) is 1. The predicted octanol–water partition coefficient (Wildman–Crippen LogP) is 5.77. The summed E-state index contributed by atoms with van der Waals surface area (Å²) in [4.78, 5) is 34.1. The van der Waals surface area contributed by atoms with E-state index in [0.717, 1.165) is 34.3 Å². The number of aromatic nitrogens is 6. The molecule has 250 valence electrons. The van der Waals surface area contributed by atoms with E-state index in [1.807, 2.05) is 48.5 Å². The van der Waals surface area contributed by atoms with E-state index >= 15 is 0 Å². The lowest BCUT2D eigenvalue weighted by molar-refractivity contribution is -0.497. The molecule has 0 spiro atoms. The number of aryl methyl sites for hydroxylation is 1. The maximum Gasteiger partial charge on any atom is 0.510 e. The monoisotopic (exact) mass is 677 g/mol. The third kappa shape index (κ3) is 8.78. The largest absolute Gasteiger partial charge is 0.510 e. The minimum absolute atomic E-state index is 0.0163. The number of hydrogen-bond acceptors (Lipinski definition) is 12. The summed E-state index contributed by atoms with van der Waals surface area (Å²) in [6.07, 6.45) is 1.50. The van der Waals surface area contributed by atoms with Crippen molar-refractivity contribution < 1.29 is 39.4 Å². The molecule has 0 bridgehead atoms. The number of aromatic carboxylic acids is 1. The van der Waals surface area contributed by atoms with Crippen LogP contribution in [0.5, 0.6) is 0 Å². The molecule has 0 aliphatic rings. The number of ether oxygens (including phenoxy) is 2. The van der Waals surface area contributed by atoms with Crippen molar-refractivity contribution in [2.24, 2.45) is 0 Å². The fourth-order valence-corrected chi connectivity index (χ4v) is 5.11. The van der Waals surface area contributed by atoms with E-state index in [1.165, 1.54) is 0 Å². The third-order valence-corrected chi connectivity index (χ3v) is 7.47. The molecule has 3 N–H and O–H groups in total. The van der Waals surface area contributed by atoms with Crippen LogP contribution in [-0.2, 0) is 47.2 Å². The summed E-state index contributed by atoms with van der Waals surface area (Å²) in [5, 5.41) is 39.1. The Hall–Kier alpha value is -5.19. The highest BCUT2D eigenvalue weighted by molar-refractivity contribution is 6.32. The zero-order valence-electron chi connectivity index (χ0n) is 25.8. The molecule has 0 saturated heterocycles. The van der Waals surface area contributed by atoms with Gasteiger partial charge in [-0.3, -0.25) is 10.4 Å². The Labute approximate surface area is 279 Å². The molecule has 2 heterocycles. The highest BCUT2D eigenvalue weighted by Crippen LogP contribution is 2.30. The zero-order chi connectivity index (χ0) is 34.0. The molecule has 0 saturated carbocycles. The SMILES string of the molecule is CCCCc1nc(Cl)c(C(=O)O)n1Cc1ccc(-c2ccccc2-c2nnn(COC(=O)OCc3ccc(CON(O)O)cc3)n2)cc1. The van der Waals surface area contributed by atoms with Crippen LogP contribution in [0.25, 0.3) is 22.5 Å². The average Bonchev–Trinajstić information content (AvgIpc) is 3.69. The van der Waals surface area contributed by atoms with Crippen molar-refractivity contribution in [2.45, 2.75) is 52.7 Å². The van der Waals surface area contributed by atoms with E-state index in [4.69, 9.17) is 31.5 Å². The molecule has 5 aromatic rings. The van der Waals surface area contributed by atoms with Gasteiger partial charge in [-0.25, -0.2) is 19.4 Å². The summed E-state index contributed by atoms with van der Waals surface area (Å²) in [7, 11) is 0. The summed E-state index contributed by atoms with van der Waals surface area (Å²) in [5.74, 6) is -0.168. The van der Waals surface area contributed by atoms with Crippen molar-refractivity contribution in [3.8, 4) is 22.5 Å². The van der Waals surface area contributed by atoms with Gasteiger partial charge < -0.3 is 19.1 Å². The standard InChI is InChI=1S/C32H32ClN7O8/c1-2-3-8-27-34-29(33)28(31(41)42)38(27)17-21-13-15-24(16-14-21)25-6-4-5-7-26(25)30-35-37-39(36-30)20-47-32(43)46-18-22-9-11-23(12-10-22)19-48-40(44)45/h4-7,9-16,44-45H,2-3,8,17-20H2,1H3,(H,41,42). The van der Waals surface area contributed by atoms with Crippen LogP contribution in [0.15, 0.2) is 72.8 Å². The van der Waals surface area contributed by atoms with Gasteiger partial charge in [0, 0.05) is 18.5 Å². The quantitative estimate of drug-likeness (QED) is 0.0896. The molecular weight excluding hydrogens is 646 g/mol. The number of tetrazole rings is 1. The van der Waals surface area contributed by atoms with Gasteiger partial charge in [-0.15, -0.1) is 15.0 Å². The number of unbranched alkanes of at least 4 members (excludes halogenated alkanes) is 1. The fraction of sp³-hybridized carbons (Fsp3) is 0.250. The van der Waals surface area contributed by atoms with Crippen LogP contribution in [0.1, 0.15) is 52.8 Å². The first-order valence-electron chi connectivity index (χ1n) is 14.8. The van der Waals surface area contributed by atoms with Crippen LogP contribution >= 0.6 is 11.6 Å². The smallest absolute Gasteiger partial charge is 0.476 e. The first kappa shape index (κ1) is 34.2. The fourth-order valence-electron chi connectivity index (χ4n) is 4.83. The normalized spacial score (nSPS) is 11.2. The van der Waals surface area contributed by atoms with E-state index in [0.29, 0.717) is 41.3 Å². The molecule has 0 aliphatic carbocycles. The first-order chi connectivity index (χ1) is 23.2. The Morgan fingerprint density at radius 2 is 1.56 bits per heavy atom. The van der Waals surface area contributed by atoms with Gasteiger partial charge in [0.25, 0.3) is 0 Å². The highest BCUT2D eigenvalue weighted by atomic mass is 35.5. The highest BCUT2D eigenvalue weighted by Gasteiger charge is 2.22. The number of rotatable bonds is 15. The van der Waals surface area contributed by atoms with E-state index in [-0.39, 0.29) is 36.2 Å². The van der Waals surface area contributed by atoms with Gasteiger partial charge in [0.05, 0.1) is 12.0 Å². The molecule has 0 aliphatic heterocycles. The number of carbonyl (C=O) groups excluding carboxylic acids is 1. The molecule has 5 rings (SSSR count). The second-order valence-electron chi connectivity index (χ2n) is 10.5. The molecule has 0 fully saturated rings. The Morgan fingerprint density at radius 1 is 0.896 bits per heavy atom. The van der Waals surface area contributed by atoms with Crippen molar-refractivity contribution in [1.82, 2.24) is 35.1 Å². The lowest BCUT2D eigenvalue weighted by Crippen LogP contribution is -2.14. The van der Waals surface area contributed by atoms with E-state index in [9.17, 15) is 14.7 Å². The molecule has 2 aromatic heterocycles. The summed E-state index contributed by atoms with van der Waals surface area (Å²) in [6, 6.07) is 22.0. The van der Waals surface area contributed by atoms with Crippen LogP contribution in [0.3, 0.4) is 0 Å². The maximum atomic E-state index is 12.2. The number of nitrogens with zero attached hydrogens (tertiary/aromatic N) is 7. The topological polar surface area (TPSA) is 187 Å². The maximum absolute atomic E-state index is 12.2. The lowest BCUT2D eigenvalue weighted by atomic mass is 9.98. The molecule has 0 amide bonds. The van der Waals surface area contributed by atoms with Crippen LogP contribution in [0.2, 0.25) is 5.15 Å². The zero-order valence-corrected chi connectivity index (χ0v) is 26.5. The van der Waals surface area contributed by atoms with Gasteiger partial charge in [-0.05, 0) is 39.5 Å². The molecule has 0 radical (unpaired) electrons. The van der Waals surface area contributed by atoms with Crippen molar-refractivity contribution >= 4 is 23.7 Å². The second kappa shape index (κ2) is 16.1. The minimum Gasteiger partial charge on any atom is -0.476 e. The Kier molecular flexibility index (Phi) is 11.4. The van der Waals surface area contributed by atoms with Crippen molar-refractivity contribution in [1.29, 1.82) is 0 Å². The van der Waals surface area contributed by atoms with Gasteiger partial charge in [-0.2, -0.15) is 0 Å². The van der Waals surface area contributed by atoms with Crippen LogP contribution < -0.4 is 0 Å². The number of halogens is 1. The van der Waals surface area contributed by atoms with Gasteiger partial charge in [0.2, 0.25) is 12.6 Å². The molecule has 16 heteroatoms. The number of hydrogen-bond donors (Lipinski definition) is 3. The summed E-state index contributed by atoms with van der Waals surface area (Å²) < 4.78 is 11.9. The number of imidazole rings is 1. The van der Waals surface area contributed by atoms with Gasteiger partial charge in [0.15, 0.2) is 10.8 Å². The average molecular weight is 678 g/mol. The molecule has 3 aromatic carbocycles. The lowest BCUT2D eigenvalue weighted by Gasteiger charge is -2.12. The van der Waals surface area contributed by atoms with Crippen LogP contribution in [-0.4, -0.2) is 62.8 Å². The number of carboxylic acids is 1. The molecule has 15 nitrogen and oxygen atoms in total. The van der Waals surface area contributed by atoms with Gasteiger partial charge in [0.1, 0.15) is 12.4 Å². The molecule has 48 heavy (non-hydrogen) atoms. The van der Waals surface area contributed by atoms with Crippen molar-refractivity contribution in [3.05, 3.63) is 106 Å². The van der Waals surface area contributed by atoms with Crippen molar-refractivity contribution in [2.75, 3.05) is 0 Å². The summed E-state index contributed by atoms with van der Waals surface area (Å²) in [6.45, 7) is 1.93. The van der Waals surface area contributed by atoms with Crippen LogP contribution in [0, 0.1) is 0 Å². The predicted molar refractivity (Wildman–Crippen MR) is 169 cm³/mol. The molecule has 0 unspecified atom stereocenters. The first-order valence-corrected chi connectivity index (χ1v) is 15.2. The minimum atomic E-state index is -1.13. The van der Waals surface area contributed by atoms with E-state index in [1.54, 1.807) is 28.8 Å². The Morgan fingerprint density at radius 3 is 2.23 bits per heavy atom. The second-order valence-corrected chi connectivity index (χ2v) is 10.9. The third-order valence-electron chi connectivity index (χ3n) is 7.21. The summed E-state index contributed by atoms with van der Waals surface area (Å²) >= 11 is 6.19. The van der Waals surface area contributed by atoms with E-state index < -0.39 is 12.1 Å². The molecular formula is C32H32ClN7O8. The van der Waals surface area contributed by atoms with Crippen molar-refractivity contribution in [3.63, 3.8) is 0 Å². The number of benzene rings is 3. The van der Waals surface area contributed by atoms with Gasteiger partial charge in [-0.1, -0.05) is 97.7 Å². The Bertz CT molecular complexity index is 1840. The number of carbonyl (C=O) groups is 2. The van der Waals surface area contributed by atoms with Gasteiger partial charge >= 0.3 is 12.1 Å². The van der Waals surface area contributed by atoms with Crippen LogP contribution in [0.4, 0.5) is 4.79 Å². The molecule has 0 atom stereocenters. The Balaban J connectivity index is 1.20. The summed E-state index contributed by atoms with van der Waals surface area (Å²) in [5.41, 5.74) is 4.62.